The maximum absolute atomic E-state index is 11.3. The van der Waals surface area contributed by atoms with Gasteiger partial charge in [-0.25, -0.2) is 4.79 Å². The number of hydrogen-bond donors (Lipinski definition) is 3. The molecule has 0 heterocycles. The Hall–Kier alpha value is -2.86. The molecule has 0 amide bonds. The summed E-state index contributed by atoms with van der Waals surface area (Å²) in [6, 6.07) is 16.5. The van der Waals surface area contributed by atoms with Crippen molar-refractivity contribution >= 4 is 11.9 Å². The Morgan fingerprint density at radius 2 is 1.34 bits per heavy atom. The summed E-state index contributed by atoms with van der Waals surface area (Å²) in [5.74, 6) is -2.10. The van der Waals surface area contributed by atoms with Crippen LogP contribution in [0.25, 0.3) is 0 Å². The van der Waals surface area contributed by atoms with E-state index in [1.807, 2.05) is 18.2 Å². The Morgan fingerprint density at radius 1 is 0.793 bits per heavy atom. The number of ether oxygens (including phenoxy) is 1. The van der Waals surface area contributed by atoms with Crippen LogP contribution in [-0.2, 0) is 22.4 Å². The number of carbonyl (C=O) groups is 2. The summed E-state index contributed by atoms with van der Waals surface area (Å²) in [7, 11) is 0. The van der Waals surface area contributed by atoms with E-state index in [-0.39, 0.29) is 6.42 Å². The second-order valence-corrected chi connectivity index (χ2v) is 7.17. The fraction of sp³-hybridized carbons (Fsp3) is 0.391. The van der Waals surface area contributed by atoms with Gasteiger partial charge in [0.1, 0.15) is 11.8 Å². The van der Waals surface area contributed by atoms with Gasteiger partial charge in [0.2, 0.25) is 0 Å². The molecule has 6 heteroatoms. The highest BCUT2D eigenvalue weighted by Gasteiger charge is 2.26. The molecule has 156 valence electrons. The minimum Gasteiger partial charge on any atom is -0.480 e. The average molecular weight is 399 g/mol. The largest absolute Gasteiger partial charge is 0.480 e. The number of rotatable bonds is 13. The van der Waals surface area contributed by atoms with Gasteiger partial charge in [0, 0.05) is 6.42 Å². The quantitative estimate of drug-likeness (QED) is 0.443. The van der Waals surface area contributed by atoms with Gasteiger partial charge in [-0.1, -0.05) is 55.3 Å². The molecule has 0 bridgehead atoms. The number of unbranched alkanes of at least 4 members (excludes halogenated alkanes) is 3. The van der Waals surface area contributed by atoms with Gasteiger partial charge < -0.3 is 20.7 Å². The van der Waals surface area contributed by atoms with Crippen LogP contribution >= 0.6 is 0 Å². The van der Waals surface area contributed by atoms with Gasteiger partial charge in [0.15, 0.2) is 6.10 Å². The minimum absolute atomic E-state index is 0.296. The van der Waals surface area contributed by atoms with Crippen LogP contribution in [0.4, 0.5) is 0 Å². The van der Waals surface area contributed by atoms with Crippen molar-refractivity contribution in [2.45, 2.75) is 57.1 Å². The predicted octanol–water partition coefficient (Wildman–Crippen LogP) is 3.67. The molecule has 29 heavy (non-hydrogen) atoms. The van der Waals surface area contributed by atoms with E-state index in [9.17, 15) is 14.7 Å². The molecule has 6 nitrogen and oxygen atoms in total. The molecule has 4 N–H and O–H groups in total. The van der Waals surface area contributed by atoms with Gasteiger partial charge in [-0.2, -0.15) is 0 Å². The van der Waals surface area contributed by atoms with Crippen molar-refractivity contribution in [1.29, 1.82) is 0 Å². The summed E-state index contributed by atoms with van der Waals surface area (Å²) in [4.78, 5) is 22.1. The summed E-state index contributed by atoms with van der Waals surface area (Å²) >= 11 is 0. The third kappa shape index (κ3) is 8.35. The van der Waals surface area contributed by atoms with Crippen LogP contribution in [0.3, 0.4) is 0 Å². The maximum atomic E-state index is 11.3. The number of nitrogens with two attached hydrogens (primary N) is 1. The van der Waals surface area contributed by atoms with Gasteiger partial charge >= 0.3 is 11.9 Å². The van der Waals surface area contributed by atoms with E-state index in [1.165, 1.54) is 24.8 Å². The predicted molar refractivity (Wildman–Crippen MR) is 111 cm³/mol. The molecule has 0 unspecified atom stereocenters. The topological polar surface area (TPSA) is 110 Å². The molecular formula is C23H29NO5. The molecule has 2 rings (SSSR count). The molecule has 0 radical (unpaired) electrons. The zero-order valence-corrected chi connectivity index (χ0v) is 16.5. The molecule has 0 aliphatic rings. The van der Waals surface area contributed by atoms with Crippen molar-refractivity contribution in [3.8, 4) is 5.75 Å². The van der Waals surface area contributed by atoms with Gasteiger partial charge in [-0.15, -0.1) is 0 Å². The highest BCUT2D eigenvalue weighted by Crippen LogP contribution is 2.18. The van der Waals surface area contributed by atoms with Gasteiger partial charge in [-0.3, -0.25) is 4.79 Å². The van der Waals surface area contributed by atoms with Crippen LogP contribution in [0.15, 0.2) is 54.6 Å². The lowest BCUT2D eigenvalue weighted by atomic mass is 10.0. The Morgan fingerprint density at radius 3 is 1.86 bits per heavy atom. The minimum atomic E-state index is -1.29. The van der Waals surface area contributed by atoms with Gasteiger partial charge in [0.25, 0.3) is 0 Å². The third-order valence-electron chi connectivity index (χ3n) is 4.79. The van der Waals surface area contributed by atoms with E-state index in [0.29, 0.717) is 5.75 Å². The number of benzene rings is 2. The molecule has 2 aromatic rings. The van der Waals surface area contributed by atoms with Crippen molar-refractivity contribution in [2.24, 2.45) is 5.73 Å². The van der Waals surface area contributed by atoms with Crippen LogP contribution in [0.5, 0.6) is 5.75 Å². The number of carboxylic acid groups (broad SMARTS) is 2. The fourth-order valence-corrected chi connectivity index (χ4v) is 3.09. The van der Waals surface area contributed by atoms with E-state index in [0.717, 1.165) is 24.8 Å². The van der Waals surface area contributed by atoms with Crippen LogP contribution in [-0.4, -0.2) is 34.3 Å². The lowest BCUT2D eigenvalue weighted by molar-refractivity contribution is -0.146. The highest BCUT2D eigenvalue weighted by molar-refractivity contribution is 5.77. The van der Waals surface area contributed by atoms with E-state index < -0.39 is 24.1 Å². The average Bonchev–Trinajstić information content (AvgIpc) is 2.71. The summed E-state index contributed by atoms with van der Waals surface area (Å²) in [6.07, 6.45) is 5.12. The second kappa shape index (κ2) is 11.9. The summed E-state index contributed by atoms with van der Waals surface area (Å²) < 4.78 is 5.41. The lowest BCUT2D eigenvalue weighted by Crippen LogP contribution is -2.39. The molecule has 0 aliphatic heterocycles. The van der Waals surface area contributed by atoms with E-state index in [2.05, 4.69) is 24.3 Å². The smallest absolute Gasteiger partial charge is 0.344 e. The van der Waals surface area contributed by atoms with Crippen molar-refractivity contribution in [1.82, 2.24) is 0 Å². The number of aryl methyl sites for hydroxylation is 2. The van der Waals surface area contributed by atoms with Crippen molar-refractivity contribution in [2.75, 3.05) is 0 Å². The molecular weight excluding hydrogens is 370 g/mol. The maximum Gasteiger partial charge on any atom is 0.344 e. The van der Waals surface area contributed by atoms with E-state index in [4.69, 9.17) is 15.6 Å². The van der Waals surface area contributed by atoms with Gasteiger partial charge in [0.05, 0.1) is 0 Å². The monoisotopic (exact) mass is 399 g/mol. The van der Waals surface area contributed by atoms with Crippen LogP contribution in [0.1, 0.15) is 43.2 Å². The van der Waals surface area contributed by atoms with Crippen molar-refractivity contribution in [3.05, 3.63) is 65.7 Å². The molecule has 2 atom stereocenters. The standard InChI is InChI=1S/C23H29NO5/c24-20(22(25)26)16-21(23(27)28)29-19-14-12-18(13-15-19)11-5-2-1-4-8-17-9-6-3-7-10-17/h3,6-7,9-10,12-15,20-21H,1-2,4-5,8,11,16,24H2,(H,25,26)(H,27,28)/t20-,21-/m0/s1. The molecule has 0 aromatic heterocycles. The first kappa shape index (κ1) is 22.4. The Bertz CT molecular complexity index is 761. The van der Waals surface area contributed by atoms with Crippen molar-refractivity contribution in [3.63, 3.8) is 0 Å². The zero-order chi connectivity index (χ0) is 21.1. The molecule has 0 aliphatic carbocycles. The Kier molecular flexibility index (Phi) is 9.18. The zero-order valence-electron chi connectivity index (χ0n) is 16.5. The Balaban J connectivity index is 1.70. The number of hydrogen-bond acceptors (Lipinski definition) is 4. The summed E-state index contributed by atoms with van der Waals surface area (Å²) in [6.45, 7) is 0. The van der Waals surface area contributed by atoms with Crippen LogP contribution < -0.4 is 10.5 Å². The summed E-state index contributed by atoms with van der Waals surface area (Å²) in [5, 5.41) is 18.0. The second-order valence-electron chi connectivity index (χ2n) is 7.17. The SMILES string of the molecule is N[C@@H](C[C@H](Oc1ccc(CCCCCCc2ccccc2)cc1)C(=O)O)C(=O)O. The highest BCUT2D eigenvalue weighted by atomic mass is 16.5. The van der Waals surface area contributed by atoms with Crippen LogP contribution in [0.2, 0.25) is 0 Å². The first-order chi connectivity index (χ1) is 14.0. The fourth-order valence-electron chi connectivity index (χ4n) is 3.09. The summed E-state index contributed by atoms with van der Waals surface area (Å²) in [5.41, 5.74) is 7.96. The first-order valence-electron chi connectivity index (χ1n) is 9.96. The Labute approximate surface area is 171 Å². The van der Waals surface area contributed by atoms with E-state index in [1.54, 1.807) is 12.1 Å². The van der Waals surface area contributed by atoms with E-state index >= 15 is 0 Å². The molecule has 0 fully saturated rings. The lowest BCUT2D eigenvalue weighted by Gasteiger charge is -2.17. The van der Waals surface area contributed by atoms with Crippen LogP contribution in [0, 0.1) is 0 Å². The third-order valence-corrected chi connectivity index (χ3v) is 4.79. The number of aliphatic carboxylic acids is 2. The number of carboxylic acids is 2. The first-order valence-corrected chi connectivity index (χ1v) is 9.96. The van der Waals surface area contributed by atoms with Gasteiger partial charge in [-0.05, 0) is 48.9 Å². The molecule has 0 saturated heterocycles. The molecule has 0 spiro atoms. The van der Waals surface area contributed by atoms with Crippen molar-refractivity contribution < 1.29 is 24.5 Å². The molecule has 2 aromatic carbocycles. The molecule has 0 saturated carbocycles. The normalized spacial score (nSPS) is 12.9.